The van der Waals surface area contributed by atoms with Gasteiger partial charge in [0.05, 0.1) is 18.7 Å². The predicted octanol–water partition coefficient (Wildman–Crippen LogP) is 5.19. The maximum Gasteiger partial charge on any atom is 0.256 e. The molecule has 2 saturated heterocycles. The fourth-order valence-corrected chi connectivity index (χ4v) is 5.32. The largest absolute Gasteiger partial charge is 0.494 e. The average Bonchev–Trinajstić information content (AvgIpc) is 3.11. The number of benzene rings is 2. The van der Waals surface area contributed by atoms with Gasteiger partial charge in [-0.25, -0.2) is 0 Å². The molecule has 1 N–H and O–H groups in total. The van der Waals surface area contributed by atoms with E-state index in [0.717, 1.165) is 37.7 Å². The van der Waals surface area contributed by atoms with E-state index in [1.165, 1.54) is 17.7 Å². The van der Waals surface area contributed by atoms with Gasteiger partial charge in [0.2, 0.25) is 5.91 Å². The van der Waals surface area contributed by atoms with Crippen molar-refractivity contribution < 1.29 is 14.3 Å². The number of piperidine rings is 1. The summed E-state index contributed by atoms with van der Waals surface area (Å²) >= 11 is 12.0. The Kier molecular flexibility index (Phi) is 9.40. The molecule has 2 aromatic carbocycles. The molecule has 0 unspecified atom stereocenters. The molecule has 0 aromatic heterocycles. The highest BCUT2D eigenvalue weighted by atomic mass is 35.5. The first kappa shape index (κ1) is 27.4. The van der Waals surface area contributed by atoms with E-state index in [1.807, 2.05) is 30.0 Å². The number of hydrogen-bond acceptors (Lipinski definition) is 5. The van der Waals surface area contributed by atoms with Gasteiger partial charge in [0, 0.05) is 23.8 Å². The maximum atomic E-state index is 13.6. The number of rotatable bonds is 10. The van der Waals surface area contributed by atoms with Crippen molar-refractivity contribution in [3.05, 3.63) is 53.6 Å². The number of thiocarbonyl (C=S) groups is 1. The van der Waals surface area contributed by atoms with Gasteiger partial charge >= 0.3 is 0 Å². The monoisotopic (exact) mass is 542 g/mol. The van der Waals surface area contributed by atoms with Gasteiger partial charge in [-0.3, -0.25) is 14.5 Å². The molecule has 2 heterocycles. The van der Waals surface area contributed by atoms with Crippen molar-refractivity contribution >= 4 is 52.1 Å². The van der Waals surface area contributed by atoms with E-state index in [-0.39, 0.29) is 18.2 Å². The van der Waals surface area contributed by atoms with Crippen LogP contribution in [0.15, 0.2) is 48.5 Å². The van der Waals surface area contributed by atoms with Gasteiger partial charge in [-0.1, -0.05) is 31.5 Å². The third-order valence-electron chi connectivity index (χ3n) is 6.91. The smallest absolute Gasteiger partial charge is 0.256 e. The molecule has 37 heavy (non-hydrogen) atoms. The van der Waals surface area contributed by atoms with Crippen LogP contribution in [0.3, 0.4) is 0 Å². The number of carbonyl (C=O) groups is 2. The van der Waals surface area contributed by atoms with Crippen molar-refractivity contribution in [2.45, 2.75) is 45.6 Å². The lowest BCUT2D eigenvalue weighted by molar-refractivity contribution is -0.124. The van der Waals surface area contributed by atoms with Crippen molar-refractivity contribution in [3.63, 3.8) is 0 Å². The van der Waals surface area contributed by atoms with Crippen LogP contribution in [-0.2, 0) is 9.59 Å². The van der Waals surface area contributed by atoms with E-state index in [2.05, 4.69) is 17.1 Å². The van der Waals surface area contributed by atoms with Crippen LogP contribution in [0.1, 0.15) is 39.5 Å². The van der Waals surface area contributed by atoms with Crippen molar-refractivity contribution in [2.75, 3.05) is 43.0 Å². The summed E-state index contributed by atoms with van der Waals surface area (Å²) in [7, 11) is 0. The van der Waals surface area contributed by atoms with Crippen LogP contribution >= 0.6 is 23.8 Å². The standard InChI is InChI=1S/C28H35ClN4O3S/c1-3-17-36-24-9-7-22(8-10-24)30-26(34)19-25-27(35)33(23-6-4-5-21(29)18-23)28(37)32(25)16-15-31-13-11-20(2)12-14-31/h4-10,18,20,25H,3,11-17,19H2,1-2H3,(H,30,34)/t25-/m0/s1. The Balaban J connectivity index is 1.46. The zero-order chi connectivity index (χ0) is 26.4. The van der Waals surface area contributed by atoms with E-state index < -0.39 is 6.04 Å². The summed E-state index contributed by atoms with van der Waals surface area (Å²) in [5.41, 5.74) is 1.27. The quantitative estimate of drug-likeness (QED) is 0.417. The Morgan fingerprint density at radius 2 is 1.86 bits per heavy atom. The zero-order valence-corrected chi connectivity index (χ0v) is 23.1. The van der Waals surface area contributed by atoms with Crippen LogP contribution in [0.5, 0.6) is 5.75 Å². The molecule has 4 rings (SSSR count). The van der Waals surface area contributed by atoms with Gasteiger partial charge in [0.15, 0.2) is 5.11 Å². The zero-order valence-electron chi connectivity index (χ0n) is 21.5. The number of nitrogens with zero attached hydrogens (tertiary/aromatic N) is 3. The number of anilines is 2. The Morgan fingerprint density at radius 3 is 2.54 bits per heavy atom. The van der Waals surface area contributed by atoms with E-state index in [9.17, 15) is 9.59 Å². The van der Waals surface area contributed by atoms with Crippen LogP contribution in [0.25, 0.3) is 0 Å². The summed E-state index contributed by atoms with van der Waals surface area (Å²) < 4.78 is 5.61. The van der Waals surface area contributed by atoms with E-state index in [0.29, 0.717) is 34.7 Å². The first-order valence-electron chi connectivity index (χ1n) is 13.0. The Labute approximate surface area is 229 Å². The molecule has 0 spiro atoms. The second kappa shape index (κ2) is 12.7. The third-order valence-corrected chi connectivity index (χ3v) is 7.56. The number of likely N-dealkylation sites (tertiary alicyclic amines) is 1. The summed E-state index contributed by atoms with van der Waals surface area (Å²) in [4.78, 5) is 32.5. The van der Waals surface area contributed by atoms with Crippen molar-refractivity contribution in [1.82, 2.24) is 9.80 Å². The number of halogens is 1. The van der Waals surface area contributed by atoms with Gasteiger partial charge in [-0.15, -0.1) is 0 Å². The summed E-state index contributed by atoms with van der Waals surface area (Å²) in [5, 5.41) is 3.85. The molecule has 0 aliphatic carbocycles. The average molecular weight is 543 g/mol. The van der Waals surface area contributed by atoms with Gasteiger partial charge in [0.25, 0.3) is 5.91 Å². The first-order valence-corrected chi connectivity index (χ1v) is 13.8. The van der Waals surface area contributed by atoms with Crippen LogP contribution in [0.2, 0.25) is 5.02 Å². The van der Waals surface area contributed by atoms with E-state index in [4.69, 9.17) is 28.6 Å². The van der Waals surface area contributed by atoms with Crippen LogP contribution in [0, 0.1) is 5.92 Å². The predicted molar refractivity (Wildman–Crippen MR) is 152 cm³/mol. The molecule has 9 heteroatoms. The number of amides is 2. The van der Waals surface area contributed by atoms with E-state index in [1.54, 1.807) is 30.3 Å². The highest BCUT2D eigenvalue weighted by Gasteiger charge is 2.44. The van der Waals surface area contributed by atoms with Gasteiger partial charge in [-0.2, -0.15) is 0 Å². The molecule has 2 aromatic rings. The number of hydrogen-bond donors (Lipinski definition) is 1. The summed E-state index contributed by atoms with van der Waals surface area (Å²) in [6.07, 6.45) is 3.27. The molecule has 2 aliphatic heterocycles. The Morgan fingerprint density at radius 1 is 1.14 bits per heavy atom. The molecule has 2 fully saturated rings. The Bertz CT molecular complexity index is 1100. The van der Waals surface area contributed by atoms with Crippen LogP contribution in [-0.4, -0.2) is 65.6 Å². The summed E-state index contributed by atoms with van der Waals surface area (Å²) in [6, 6.07) is 13.7. The molecular formula is C28H35ClN4O3S. The lowest BCUT2D eigenvalue weighted by Crippen LogP contribution is -2.44. The summed E-state index contributed by atoms with van der Waals surface area (Å²) in [5.74, 6) is 1.05. The van der Waals surface area contributed by atoms with Gasteiger partial charge in [-0.05, 0) is 93.0 Å². The number of nitrogens with one attached hydrogen (secondary N) is 1. The van der Waals surface area contributed by atoms with Gasteiger partial charge in [0.1, 0.15) is 11.8 Å². The minimum atomic E-state index is -0.678. The van der Waals surface area contributed by atoms with Crippen molar-refractivity contribution in [2.24, 2.45) is 5.92 Å². The number of carbonyl (C=O) groups excluding carboxylic acids is 2. The minimum absolute atomic E-state index is 0.00115. The molecule has 0 radical (unpaired) electrons. The van der Waals surface area contributed by atoms with E-state index >= 15 is 0 Å². The highest BCUT2D eigenvalue weighted by Crippen LogP contribution is 2.29. The lowest BCUT2D eigenvalue weighted by Gasteiger charge is -2.32. The first-order chi connectivity index (χ1) is 17.9. The normalized spacial score (nSPS) is 18.9. The maximum absolute atomic E-state index is 13.6. The fourth-order valence-electron chi connectivity index (χ4n) is 4.72. The molecule has 7 nitrogen and oxygen atoms in total. The van der Waals surface area contributed by atoms with Crippen molar-refractivity contribution in [1.29, 1.82) is 0 Å². The molecule has 2 amide bonds. The molecule has 198 valence electrons. The third kappa shape index (κ3) is 7.00. The topological polar surface area (TPSA) is 65.1 Å². The molecule has 0 bridgehead atoms. The fraction of sp³-hybridized carbons (Fsp3) is 0.464. The highest BCUT2D eigenvalue weighted by molar-refractivity contribution is 7.80. The second-order valence-corrected chi connectivity index (χ2v) is 10.6. The molecule has 2 aliphatic rings. The van der Waals surface area contributed by atoms with Crippen molar-refractivity contribution in [3.8, 4) is 5.75 Å². The molecule has 1 atom stereocenters. The number of ether oxygens (including phenoxy) is 1. The minimum Gasteiger partial charge on any atom is -0.494 e. The SMILES string of the molecule is CCCOc1ccc(NC(=O)C[C@H]2C(=O)N(c3cccc(Cl)c3)C(=S)N2CCN2CCC(C)CC2)cc1. The van der Waals surface area contributed by atoms with Crippen LogP contribution in [0.4, 0.5) is 11.4 Å². The molecular weight excluding hydrogens is 508 g/mol. The van der Waals surface area contributed by atoms with Crippen LogP contribution < -0.4 is 15.0 Å². The van der Waals surface area contributed by atoms with Gasteiger partial charge < -0.3 is 19.9 Å². The molecule has 0 saturated carbocycles. The second-order valence-electron chi connectivity index (χ2n) is 9.79. The summed E-state index contributed by atoms with van der Waals surface area (Å²) in [6.45, 7) is 8.43. The Hall–Kier alpha value is -2.68. The lowest BCUT2D eigenvalue weighted by atomic mass is 9.99.